The molecular weight excluding hydrogens is 242 g/mol. The van der Waals surface area contributed by atoms with Gasteiger partial charge in [0.05, 0.1) is 0 Å². The van der Waals surface area contributed by atoms with E-state index < -0.39 is 0 Å². The summed E-state index contributed by atoms with van der Waals surface area (Å²) in [6.45, 7) is 0. The molecular formula is C14H17N3S. The van der Waals surface area contributed by atoms with Crippen molar-refractivity contribution < 1.29 is 0 Å². The van der Waals surface area contributed by atoms with E-state index in [1.165, 1.54) is 10.5 Å². The third-order valence-corrected chi connectivity index (χ3v) is 4.80. The van der Waals surface area contributed by atoms with E-state index >= 15 is 0 Å². The van der Waals surface area contributed by atoms with Crippen molar-refractivity contribution in [1.82, 2.24) is 9.55 Å². The lowest BCUT2D eigenvalue weighted by molar-refractivity contribution is 0.549. The number of imidazole rings is 1. The van der Waals surface area contributed by atoms with E-state index in [4.69, 9.17) is 5.73 Å². The average molecular weight is 259 g/mol. The molecule has 3 nitrogen and oxygen atoms in total. The maximum absolute atomic E-state index is 6.39. The summed E-state index contributed by atoms with van der Waals surface area (Å²) in [5.74, 6) is 2.60. The van der Waals surface area contributed by atoms with Crippen LogP contribution in [0.25, 0.3) is 0 Å². The number of aryl methyl sites for hydroxylation is 1. The van der Waals surface area contributed by atoms with E-state index in [-0.39, 0.29) is 6.04 Å². The first-order valence-corrected chi connectivity index (χ1v) is 7.18. The maximum atomic E-state index is 6.39. The SMILES string of the molecule is Cn1ccnc1CC(N)C1CSc2ccccc21. The van der Waals surface area contributed by atoms with Gasteiger partial charge < -0.3 is 10.3 Å². The minimum absolute atomic E-state index is 0.141. The molecule has 0 amide bonds. The normalized spacial score (nSPS) is 19.8. The second-order valence-corrected chi connectivity index (χ2v) is 5.84. The molecule has 0 spiro atoms. The molecule has 0 bridgehead atoms. The molecule has 1 aliphatic rings. The highest BCUT2D eigenvalue weighted by atomic mass is 32.2. The molecule has 0 saturated carbocycles. The second kappa shape index (κ2) is 4.78. The first-order chi connectivity index (χ1) is 8.75. The van der Waals surface area contributed by atoms with Crippen LogP contribution in [0.15, 0.2) is 41.6 Å². The van der Waals surface area contributed by atoms with Crippen LogP contribution in [-0.2, 0) is 13.5 Å². The van der Waals surface area contributed by atoms with E-state index in [1.54, 1.807) is 0 Å². The molecule has 1 aromatic carbocycles. The lowest BCUT2D eigenvalue weighted by Gasteiger charge is -2.19. The summed E-state index contributed by atoms with van der Waals surface area (Å²) in [5.41, 5.74) is 7.79. The molecule has 0 fully saturated rings. The van der Waals surface area contributed by atoms with Crippen molar-refractivity contribution in [2.24, 2.45) is 12.8 Å². The number of nitrogens with zero attached hydrogens (tertiary/aromatic N) is 2. The summed E-state index contributed by atoms with van der Waals surface area (Å²) in [5, 5.41) is 0. The number of rotatable bonds is 3. The van der Waals surface area contributed by atoms with E-state index in [2.05, 4.69) is 29.2 Å². The Labute approximate surface area is 111 Å². The zero-order valence-electron chi connectivity index (χ0n) is 10.4. The topological polar surface area (TPSA) is 43.8 Å². The van der Waals surface area contributed by atoms with Gasteiger partial charge in [-0.1, -0.05) is 18.2 Å². The van der Waals surface area contributed by atoms with Crippen molar-refractivity contribution in [2.45, 2.75) is 23.3 Å². The fraction of sp³-hybridized carbons (Fsp3) is 0.357. The molecule has 2 atom stereocenters. The van der Waals surface area contributed by atoms with Crippen molar-refractivity contribution in [3.63, 3.8) is 0 Å². The van der Waals surface area contributed by atoms with Crippen LogP contribution >= 0.6 is 11.8 Å². The number of aromatic nitrogens is 2. The molecule has 3 rings (SSSR count). The Morgan fingerprint density at radius 3 is 3.11 bits per heavy atom. The maximum Gasteiger partial charge on any atom is 0.109 e. The zero-order chi connectivity index (χ0) is 12.5. The van der Waals surface area contributed by atoms with E-state index in [9.17, 15) is 0 Å². The standard InChI is InChI=1S/C14H17N3S/c1-17-7-6-16-14(17)8-12(15)11-9-18-13-5-3-2-4-10(11)13/h2-7,11-12H,8-9,15H2,1H3. The monoisotopic (exact) mass is 259 g/mol. The fourth-order valence-electron chi connectivity index (χ4n) is 2.49. The third-order valence-electron chi connectivity index (χ3n) is 3.59. The van der Waals surface area contributed by atoms with Crippen LogP contribution < -0.4 is 5.73 Å². The Hall–Kier alpha value is -1.26. The highest BCUT2D eigenvalue weighted by molar-refractivity contribution is 7.99. The second-order valence-electron chi connectivity index (χ2n) is 4.78. The average Bonchev–Trinajstić information content (AvgIpc) is 2.96. The van der Waals surface area contributed by atoms with Gasteiger partial charge in [-0.25, -0.2) is 4.98 Å². The molecule has 2 heterocycles. The van der Waals surface area contributed by atoms with E-state index in [0.717, 1.165) is 18.0 Å². The first kappa shape index (κ1) is 11.8. The molecule has 0 saturated heterocycles. The van der Waals surface area contributed by atoms with Gasteiger partial charge in [-0.05, 0) is 11.6 Å². The Morgan fingerprint density at radius 2 is 2.33 bits per heavy atom. The molecule has 4 heteroatoms. The number of fused-ring (bicyclic) bond motifs is 1. The summed E-state index contributed by atoms with van der Waals surface area (Å²) in [4.78, 5) is 5.75. The molecule has 94 valence electrons. The van der Waals surface area contributed by atoms with Crippen LogP contribution in [0.4, 0.5) is 0 Å². The largest absolute Gasteiger partial charge is 0.338 e. The summed E-state index contributed by atoms with van der Waals surface area (Å²) < 4.78 is 2.05. The molecule has 0 aliphatic carbocycles. The van der Waals surface area contributed by atoms with Crippen LogP contribution in [-0.4, -0.2) is 21.3 Å². The van der Waals surface area contributed by atoms with Crippen LogP contribution in [0.3, 0.4) is 0 Å². The van der Waals surface area contributed by atoms with Crippen molar-refractivity contribution in [1.29, 1.82) is 0 Å². The number of thioether (sulfide) groups is 1. The molecule has 2 aromatic rings. The van der Waals surface area contributed by atoms with Crippen molar-refractivity contribution >= 4 is 11.8 Å². The predicted octanol–water partition coefficient (Wildman–Crippen LogP) is 2.18. The molecule has 2 unspecified atom stereocenters. The number of nitrogens with two attached hydrogens (primary N) is 1. The number of benzene rings is 1. The van der Waals surface area contributed by atoms with Crippen LogP contribution in [0, 0.1) is 0 Å². The Bertz CT molecular complexity index is 549. The minimum atomic E-state index is 0.141. The summed E-state index contributed by atoms with van der Waals surface area (Å²) in [6.07, 6.45) is 4.64. The molecule has 1 aromatic heterocycles. The molecule has 0 radical (unpaired) electrons. The molecule has 1 aliphatic heterocycles. The van der Waals surface area contributed by atoms with Gasteiger partial charge in [-0.15, -0.1) is 11.8 Å². The van der Waals surface area contributed by atoms with Gasteiger partial charge in [-0.2, -0.15) is 0 Å². The summed E-state index contributed by atoms with van der Waals surface area (Å²) in [7, 11) is 2.02. The lowest BCUT2D eigenvalue weighted by atomic mass is 9.92. The van der Waals surface area contributed by atoms with Gasteiger partial charge in [0.25, 0.3) is 0 Å². The molecule has 2 N–H and O–H groups in total. The van der Waals surface area contributed by atoms with Gasteiger partial charge in [0.2, 0.25) is 0 Å². The number of hydrogen-bond donors (Lipinski definition) is 1. The van der Waals surface area contributed by atoms with E-state index in [1.807, 2.05) is 35.8 Å². The smallest absolute Gasteiger partial charge is 0.109 e. The quantitative estimate of drug-likeness (QED) is 0.919. The lowest BCUT2D eigenvalue weighted by Crippen LogP contribution is -2.31. The Balaban J connectivity index is 1.79. The molecule has 18 heavy (non-hydrogen) atoms. The highest BCUT2D eigenvalue weighted by Crippen LogP contribution is 2.40. The predicted molar refractivity (Wildman–Crippen MR) is 74.8 cm³/mol. The van der Waals surface area contributed by atoms with Crippen molar-refractivity contribution in [3.05, 3.63) is 48.0 Å². The fourth-order valence-corrected chi connectivity index (χ4v) is 3.83. The van der Waals surface area contributed by atoms with Gasteiger partial charge in [-0.3, -0.25) is 0 Å². The highest BCUT2D eigenvalue weighted by Gasteiger charge is 2.28. The van der Waals surface area contributed by atoms with Crippen LogP contribution in [0.1, 0.15) is 17.3 Å². The Kier molecular flexibility index (Phi) is 3.14. The minimum Gasteiger partial charge on any atom is -0.338 e. The zero-order valence-corrected chi connectivity index (χ0v) is 11.2. The van der Waals surface area contributed by atoms with Gasteiger partial charge in [0.1, 0.15) is 5.82 Å². The van der Waals surface area contributed by atoms with Crippen molar-refractivity contribution in [3.8, 4) is 0 Å². The van der Waals surface area contributed by atoms with Crippen molar-refractivity contribution in [2.75, 3.05) is 5.75 Å². The summed E-state index contributed by atoms with van der Waals surface area (Å²) >= 11 is 1.91. The van der Waals surface area contributed by atoms with Crippen LogP contribution in [0.2, 0.25) is 0 Å². The summed E-state index contributed by atoms with van der Waals surface area (Å²) in [6, 6.07) is 8.73. The van der Waals surface area contributed by atoms with Gasteiger partial charge in [0, 0.05) is 48.5 Å². The van der Waals surface area contributed by atoms with Crippen LogP contribution in [0.5, 0.6) is 0 Å². The third kappa shape index (κ3) is 2.06. The van der Waals surface area contributed by atoms with Gasteiger partial charge >= 0.3 is 0 Å². The Morgan fingerprint density at radius 1 is 1.50 bits per heavy atom. The number of hydrogen-bond acceptors (Lipinski definition) is 3. The van der Waals surface area contributed by atoms with E-state index in [0.29, 0.717) is 5.92 Å². The van der Waals surface area contributed by atoms with Gasteiger partial charge in [0.15, 0.2) is 0 Å². The first-order valence-electron chi connectivity index (χ1n) is 6.19.